The van der Waals surface area contributed by atoms with E-state index < -0.39 is 11.9 Å². The minimum atomic E-state index is -0.603. The maximum atomic E-state index is 13.8. The Morgan fingerprint density at radius 1 is 1.05 bits per heavy atom. The highest BCUT2D eigenvalue weighted by Crippen LogP contribution is 2.43. The molecule has 3 atom stereocenters. The average molecular weight is 582 g/mol. The molecule has 1 aliphatic heterocycles. The number of nitrogens with zero attached hydrogens (tertiary/aromatic N) is 5. The minimum Gasteiger partial charge on any atom is -0.480 e. The zero-order chi connectivity index (χ0) is 30.2. The summed E-state index contributed by atoms with van der Waals surface area (Å²) < 4.78 is 6.68. The van der Waals surface area contributed by atoms with E-state index in [-0.39, 0.29) is 53.2 Å². The molecule has 12 nitrogen and oxygen atoms in total. The predicted molar refractivity (Wildman–Crippen MR) is 158 cm³/mol. The van der Waals surface area contributed by atoms with Crippen molar-refractivity contribution in [2.75, 3.05) is 17.7 Å². The second kappa shape index (κ2) is 11.3. The first kappa shape index (κ1) is 28.0. The Morgan fingerprint density at radius 3 is 2.65 bits per heavy atom. The highest BCUT2D eigenvalue weighted by molar-refractivity contribution is 6.09. The van der Waals surface area contributed by atoms with Crippen LogP contribution in [-0.4, -0.2) is 67.3 Å². The second-order valence-electron chi connectivity index (χ2n) is 10.9. The van der Waals surface area contributed by atoms with E-state index in [1.165, 1.54) is 24.9 Å². The zero-order valence-corrected chi connectivity index (χ0v) is 24.0. The van der Waals surface area contributed by atoms with E-state index in [2.05, 4.69) is 25.7 Å². The highest BCUT2D eigenvalue weighted by Gasteiger charge is 2.51. The van der Waals surface area contributed by atoms with Gasteiger partial charge in [0.1, 0.15) is 29.7 Å². The number of anilines is 2. The standard InChI is InChI=1S/C31H31N7O5/c1-17-6-4-8-25(33-17)35-30(42)28-19-9-11-21(14-19)38(28)26(40)16-37-24-12-10-20(15-23(24)27(36-37)18(2)39)34-29(41)22-7-5-13-32-31(22)43-3/h4-8,10,12-13,15,19,21,28H,9,11,14,16H2,1-3H3,(H,34,41)(H,33,35,42)/t19-,21+,28?/m0/s1. The Kier molecular flexibility index (Phi) is 7.34. The van der Waals surface area contributed by atoms with Gasteiger partial charge in [0.25, 0.3) is 5.91 Å². The molecule has 2 N–H and O–H groups in total. The number of likely N-dealkylation sites (tertiary alicyclic amines) is 1. The third-order valence-electron chi connectivity index (χ3n) is 8.12. The van der Waals surface area contributed by atoms with E-state index in [0.717, 1.165) is 25.0 Å². The number of rotatable bonds is 8. The first-order valence-electron chi connectivity index (χ1n) is 14.1. The first-order valence-corrected chi connectivity index (χ1v) is 14.1. The molecule has 1 saturated carbocycles. The maximum absolute atomic E-state index is 13.8. The van der Waals surface area contributed by atoms with E-state index in [4.69, 9.17) is 4.74 Å². The molecule has 2 fully saturated rings. The van der Waals surface area contributed by atoms with E-state index in [1.807, 2.05) is 19.1 Å². The summed E-state index contributed by atoms with van der Waals surface area (Å²) in [6.45, 7) is 3.11. The van der Waals surface area contributed by atoms with Gasteiger partial charge in [-0.15, -0.1) is 0 Å². The van der Waals surface area contributed by atoms with Crippen LogP contribution < -0.4 is 15.4 Å². The lowest BCUT2D eigenvalue weighted by Crippen LogP contribution is -2.52. The van der Waals surface area contributed by atoms with Crippen molar-refractivity contribution in [1.82, 2.24) is 24.6 Å². The molecule has 2 bridgehead atoms. The number of ketones is 1. The predicted octanol–water partition coefficient (Wildman–Crippen LogP) is 3.62. The van der Waals surface area contributed by atoms with Crippen molar-refractivity contribution in [3.8, 4) is 5.88 Å². The summed E-state index contributed by atoms with van der Waals surface area (Å²) in [5.74, 6) is -0.485. The van der Waals surface area contributed by atoms with Gasteiger partial charge in [0, 0.05) is 35.9 Å². The number of hydrogen-bond donors (Lipinski definition) is 2. The molecule has 220 valence electrons. The fraction of sp³-hybridized carbons (Fsp3) is 0.323. The van der Waals surface area contributed by atoms with Crippen LogP contribution in [0.2, 0.25) is 0 Å². The van der Waals surface area contributed by atoms with Crippen molar-refractivity contribution >= 4 is 45.9 Å². The lowest BCUT2D eigenvalue weighted by molar-refractivity contribution is -0.141. The number of pyridine rings is 2. The quantitative estimate of drug-likeness (QED) is 0.300. The summed E-state index contributed by atoms with van der Waals surface area (Å²) in [7, 11) is 1.43. The van der Waals surface area contributed by atoms with Gasteiger partial charge in [-0.05, 0) is 74.6 Å². The van der Waals surface area contributed by atoms with Gasteiger partial charge in [-0.2, -0.15) is 5.10 Å². The number of hydrogen-bond acceptors (Lipinski definition) is 8. The van der Waals surface area contributed by atoms with Crippen LogP contribution in [0, 0.1) is 12.8 Å². The number of methoxy groups -OCH3 is 1. The summed E-state index contributed by atoms with van der Waals surface area (Å²) in [5.41, 5.74) is 2.22. The monoisotopic (exact) mass is 581 g/mol. The summed E-state index contributed by atoms with van der Waals surface area (Å²) in [6.07, 6.45) is 4.02. The number of Topliss-reactive ketones (excluding diaryl/α,β-unsaturated/α-hetero) is 1. The lowest BCUT2D eigenvalue weighted by Gasteiger charge is -2.34. The molecular weight excluding hydrogens is 550 g/mol. The van der Waals surface area contributed by atoms with Crippen LogP contribution in [0.1, 0.15) is 52.7 Å². The highest BCUT2D eigenvalue weighted by atomic mass is 16.5. The Morgan fingerprint density at radius 2 is 1.88 bits per heavy atom. The average Bonchev–Trinajstić information content (AvgIpc) is 3.71. The van der Waals surface area contributed by atoms with Gasteiger partial charge in [-0.1, -0.05) is 6.07 Å². The molecule has 1 unspecified atom stereocenters. The minimum absolute atomic E-state index is 0.0286. The normalized spacial score (nSPS) is 19.0. The van der Waals surface area contributed by atoms with Crippen molar-refractivity contribution in [3.05, 3.63) is 71.7 Å². The Bertz CT molecular complexity index is 1770. The van der Waals surface area contributed by atoms with E-state index in [0.29, 0.717) is 22.4 Å². The maximum Gasteiger partial charge on any atom is 0.261 e. The van der Waals surface area contributed by atoms with E-state index >= 15 is 0 Å². The number of ether oxygens (including phenoxy) is 1. The number of aryl methyl sites for hydroxylation is 1. The second-order valence-corrected chi connectivity index (χ2v) is 10.9. The molecule has 2 aliphatic rings. The van der Waals surface area contributed by atoms with Crippen molar-refractivity contribution in [2.45, 2.75) is 51.7 Å². The summed E-state index contributed by atoms with van der Waals surface area (Å²) in [4.78, 5) is 62.8. The fourth-order valence-corrected chi connectivity index (χ4v) is 6.27. The topological polar surface area (TPSA) is 148 Å². The molecule has 4 heterocycles. The Balaban J connectivity index is 1.25. The number of carbonyl (C=O) groups is 4. The molecule has 0 spiro atoms. The van der Waals surface area contributed by atoms with Crippen molar-refractivity contribution in [3.63, 3.8) is 0 Å². The summed E-state index contributed by atoms with van der Waals surface area (Å²) in [5, 5.41) is 10.7. The zero-order valence-electron chi connectivity index (χ0n) is 24.0. The molecule has 4 aromatic rings. The third kappa shape index (κ3) is 5.31. The van der Waals surface area contributed by atoms with Gasteiger partial charge in [0.15, 0.2) is 5.78 Å². The summed E-state index contributed by atoms with van der Waals surface area (Å²) >= 11 is 0. The van der Waals surface area contributed by atoms with Gasteiger partial charge >= 0.3 is 0 Å². The molecule has 1 aliphatic carbocycles. The first-order chi connectivity index (χ1) is 20.7. The number of fused-ring (bicyclic) bond motifs is 3. The van der Waals surface area contributed by atoms with Crippen LogP contribution in [0.15, 0.2) is 54.7 Å². The number of aromatic nitrogens is 4. The number of piperidine rings is 1. The van der Waals surface area contributed by atoms with Crippen LogP contribution in [0.4, 0.5) is 11.5 Å². The molecule has 43 heavy (non-hydrogen) atoms. The lowest BCUT2D eigenvalue weighted by atomic mass is 9.97. The Labute approximate surface area is 247 Å². The van der Waals surface area contributed by atoms with Crippen molar-refractivity contribution < 1.29 is 23.9 Å². The molecule has 12 heteroatoms. The van der Waals surface area contributed by atoms with Crippen LogP contribution >= 0.6 is 0 Å². The van der Waals surface area contributed by atoms with Crippen LogP contribution in [-0.2, 0) is 16.1 Å². The summed E-state index contributed by atoms with van der Waals surface area (Å²) in [6, 6.07) is 13.0. The number of amides is 3. The molecular formula is C31H31N7O5. The van der Waals surface area contributed by atoms with Gasteiger partial charge in [-0.25, -0.2) is 9.97 Å². The van der Waals surface area contributed by atoms with Crippen LogP contribution in [0.25, 0.3) is 10.9 Å². The fourth-order valence-electron chi connectivity index (χ4n) is 6.27. The van der Waals surface area contributed by atoms with Crippen LogP contribution in [0.3, 0.4) is 0 Å². The molecule has 3 amide bonds. The Hall–Kier alpha value is -5.13. The van der Waals surface area contributed by atoms with Gasteiger partial charge in [0.2, 0.25) is 17.7 Å². The molecule has 3 aromatic heterocycles. The number of carbonyl (C=O) groups excluding carboxylic acids is 4. The number of nitrogens with one attached hydrogen (secondary N) is 2. The molecule has 6 rings (SSSR count). The van der Waals surface area contributed by atoms with E-state index in [1.54, 1.807) is 41.3 Å². The molecule has 0 radical (unpaired) electrons. The molecule has 1 saturated heterocycles. The van der Waals surface area contributed by atoms with Crippen molar-refractivity contribution in [1.29, 1.82) is 0 Å². The van der Waals surface area contributed by atoms with Gasteiger partial charge in [0.05, 0.1) is 12.6 Å². The van der Waals surface area contributed by atoms with Gasteiger partial charge < -0.3 is 20.3 Å². The largest absolute Gasteiger partial charge is 0.480 e. The van der Waals surface area contributed by atoms with E-state index in [9.17, 15) is 19.2 Å². The SMILES string of the molecule is COc1ncccc1C(=O)Nc1ccc2c(c1)c(C(C)=O)nn2CC(=O)N1C(C(=O)Nc2cccc(C)n2)[C@H]2CC[C@@H]1C2. The molecule has 1 aromatic carbocycles. The van der Waals surface area contributed by atoms with Crippen molar-refractivity contribution in [2.24, 2.45) is 5.92 Å². The van der Waals surface area contributed by atoms with Gasteiger partial charge in [-0.3, -0.25) is 23.9 Å². The number of benzene rings is 1. The smallest absolute Gasteiger partial charge is 0.261 e. The third-order valence-corrected chi connectivity index (χ3v) is 8.12. The van der Waals surface area contributed by atoms with Crippen LogP contribution in [0.5, 0.6) is 5.88 Å².